The highest BCUT2D eigenvalue weighted by Crippen LogP contribution is 2.11. The zero-order valence-electron chi connectivity index (χ0n) is 14.0. The summed E-state index contributed by atoms with van der Waals surface area (Å²) < 4.78 is 5.43. The Morgan fingerprint density at radius 2 is 2.00 bits per heavy atom. The van der Waals surface area contributed by atoms with Gasteiger partial charge >= 0.3 is 0 Å². The lowest BCUT2D eigenvalue weighted by Crippen LogP contribution is -1.95. The third-order valence-electron chi connectivity index (χ3n) is 2.59. The molecule has 0 fully saturated rings. The highest BCUT2D eigenvalue weighted by atomic mass is 16.5. The lowest BCUT2D eigenvalue weighted by Gasteiger charge is -2.00. The molecule has 0 saturated carbocycles. The van der Waals surface area contributed by atoms with Crippen LogP contribution in [0.25, 0.3) is 0 Å². The van der Waals surface area contributed by atoms with Gasteiger partial charge in [-0.15, -0.1) is 0 Å². The molecule has 1 rings (SSSR count). The Hall–Kier alpha value is -2.35. The summed E-state index contributed by atoms with van der Waals surface area (Å²) >= 11 is 0. The Kier molecular flexibility index (Phi) is 11.1. The Morgan fingerprint density at radius 1 is 1.27 bits per heavy atom. The SMILES string of the molecule is C=C/C=C(\C=C/C)C(=O)/C=C/OC1=CC=CC(C)C=C1.CC. The highest BCUT2D eigenvalue weighted by Gasteiger charge is 2.01. The third kappa shape index (κ3) is 8.05. The van der Waals surface area contributed by atoms with Crippen LogP contribution >= 0.6 is 0 Å². The van der Waals surface area contributed by atoms with Crippen LogP contribution in [-0.2, 0) is 9.53 Å². The second-order valence-corrected chi connectivity index (χ2v) is 4.31. The largest absolute Gasteiger partial charge is 0.465 e. The maximum atomic E-state index is 11.9. The maximum Gasteiger partial charge on any atom is 0.188 e. The quantitative estimate of drug-likeness (QED) is 0.370. The van der Waals surface area contributed by atoms with Gasteiger partial charge in [0.15, 0.2) is 5.78 Å². The zero-order chi connectivity index (χ0) is 16.8. The fourth-order valence-corrected chi connectivity index (χ4v) is 1.57. The van der Waals surface area contributed by atoms with Crippen molar-refractivity contribution in [2.75, 3.05) is 0 Å². The normalized spacial score (nSPS) is 17.7. The number of ether oxygens (including phenoxy) is 1. The topological polar surface area (TPSA) is 26.3 Å². The van der Waals surface area contributed by atoms with Crippen molar-refractivity contribution in [1.82, 2.24) is 0 Å². The summed E-state index contributed by atoms with van der Waals surface area (Å²) in [5, 5.41) is 0. The average Bonchev–Trinajstić information content (AvgIpc) is 2.73. The summed E-state index contributed by atoms with van der Waals surface area (Å²) in [4.78, 5) is 11.9. The number of carbonyl (C=O) groups is 1. The highest BCUT2D eigenvalue weighted by molar-refractivity contribution is 6.06. The molecule has 2 heteroatoms. The smallest absolute Gasteiger partial charge is 0.188 e. The Labute approximate surface area is 134 Å². The summed E-state index contributed by atoms with van der Waals surface area (Å²) in [6.07, 6.45) is 19.4. The predicted molar refractivity (Wildman–Crippen MR) is 95.2 cm³/mol. The van der Waals surface area contributed by atoms with Crippen molar-refractivity contribution in [3.63, 3.8) is 0 Å². The molecule has 0 heterocycles. The third-order valence-corrected chi connectivity index (χ3v) is 2.59. The second kappa shape index (κ2) is 12.4. The first-order valence-corrected chi connectivity index (χ1v) is 7.57. The van der Waals surface area contributed by atoms with Crippen molar-refractivity contribution in [3.05, 3.63) is 84.9 Å². The van der Waals surface area contributed by atoms with Gasteiger partial charge in [-0.3, -0.25) is 4.79 Å². The first kappa shape index (κ1) is 19.7. The summed E-state index contributed by atoms with van der Waals surface area (Å²) in [5.41, 5.74) is 0.571. The molecule has 1 aliphatic rings. The molecule has 2 nitrogen and oxygen atoms in total. The minimum absolute atomic E-state index is 0.120. The van der Waals surface area contributed by atoms with Crippen molar-refractivity contribution in [1.29, 1.82) is 0 Å². The minimum Gasteiger partial charge on any atom is -0.465 e. The van der Waals surface area contributed by atoms with E-state index in [4.69, 9.17) is 4.74 Å². The number of ketones is 1. The number of carbonyl (C=O) groups excluding carboxylic acids is 1. The molecule has 1 atom stereocenters. The fourth-order valence-electron chi connectivity index (χ4n) is 1.57. The lowest BCUT2D eigenvalue weighted by molar-refractivity contribution is -0.111. The Morgan fingerprint density at radius 3 is 2.64 bits per heavy atom. The van der Waals surface area contributed by atoms with Gasteiger partial charge in [-0.25, -0.2) is 0 Å². The van der Waals surface area contributed by atoms with Crippen LogP contribution in [0, 0.1) is 5.92 Å². The van der Waals surface area contributed by atoms with Crippen LogP contribution in [0.1, 0.15) is 27.7 Å². The van der Waals surface area contributed by atoms with E-state index in [0.717, 1.165) is 0 Å². The number of hydrogen-bond donors (Lipinski definition) is 0. The van der Waals surface area contributed by atoms with Gasteiger partial charge in [-0.1, -0.05) is 69.9 Å². The molecular weight excluding hydrogens is 272 g/mol. The molecule has 0 aromatic heterocycles. The van der Waals surface area contributed by atoms with Crippen molar-refractivity contribution < 1.29 is 9.53 Å². The van der Waals surface area contributed by atoms with Gasteiger partial charge < -0.3 is 4.74 Å². The first-order valence-electron chi connectivity index (χ1n) is 7.57. The van der Waals surface area contributed by atoms with Crippen molar-refractivity contribution in [3.8, 4) is 0 Å². The number of hydrogen-bond acceptors (Lipinski definition) is 2. The molecule has 0 amide bonds. The molecule has 0 saturated heterocycles. The molecular formula is C20H26O2. The summed E-state index contributed by atoms with van der Waals surface area (Å²) in [6.45, 7) is 11.5. The predicted octanol–water partition coefficient (Wildman–Crippen LogP) is 5.45. The van der Waals surface area contributed by atoms with E-state index in [-0.39, 0.29) is 5.78 Å². The van der Waals surface area contributed by atoms with E-state index in [9.17, 15) is 4.79 Å². The van der Waals surface area contributed by atoms with Gasteiger partial charge in [-0.2, -0.15) is 0 Å². The van der Waals surface area contributed by atoms with Gasteiger partial charge in [0.25, 0.3) is 0 Å². The Balaban J connectivity index is 0.00000211. The van der Waals surface area contributed by atoms with Gasteiger partial charge in [-0.05, 0) is 25.0 Å². The maximum absolute atomic E-state index is 11.9. The van der Waals surface area contributed by atoms with Gasteiger partial charge in [0.05, 0.1) is 6.26 Å². The second-order valence-electron chi connectivity index (χ2n) is 4.31. The fraction of sp³-hybridized carbons (Fsp3) is 0.250. The number of rotatable bonds is 6. The van der Waals surface area contributed by atoms with Crippen molar-refractivity contribution in [2.45, 2.75) is 27.7 Å². The zero-order valence-corrected chi connectivity index (χ0v) is 14.0. The molecule has 118 valence electrons. The van der Waals surface area contributed by atoms with Crippen LogP contribution in [0.2, 0.25) is 0 Å². The molecule has 0 N–H and O–H groups in total. The molecule has 1 aliphatic carbocycles. The van der Waals surface area contributed by atoms with Gasteiger partial charge in [0.2, 0.25) is 0 Å². The number of allylic oxidation sites excluding steroid dienone is 11. The van der Waals surface area contributed by atoms with Crippen LogP contribution in [0.15, 0.2) is 84.9 Å². The monoisotopic (exact) mass is 298 g/mol. The lowest BCUT2D eigenvalue weighted by atomic mass is 10.1. The standard InChI is InChI=1S/C18H20O2.C2H6/c1-4-7-16(8-5-2)18(19)13-14-20-17-10-6-9-15(3)11-12-17;1-2/h4-15H,1H2,2-3H3;1-2H3/b8-5-,14-13+,16-7+;. The molecule has 0 spiro atoms. The minimum atomic E-state index is -0.120. The summed E-state index contributed by atoms with van der Waals surface area (Å²) in [6, 6.07) is 0. The molecule has 0 aromatic carbocycles. The molecule has 0 aliphatic heterocycles. The summed E-state index contributed by atoms with van der Waals surface area (Å²) in [5.74, 6) is 0.967. The van der Waals surface area contributed by atoms with Crippen LogP contribution in [0.3, 0.4) is 0 Å². The van der Waals surface area contributed by atoms with Crippen LogP contribution < -0.4 is 0 Å². The van der Waals surface area contributed by atoms with Crippen LogP contribution in [-0.4, -0.2) is 5.78 Å². The summed E-state index contributed by atoms with van der Waals surface area (Å²) in [7, 11) is 0. The van der Waals surface area contributed by atoms with E-state index < -0.39 is 0 Å². The van der Waals surface area contributed by atoms with E-state index in [1.54, 1.807) is 18.2 Å². The first-order chi connectivity index (χ1) is 10.7. The van der Waals surface area contributed by atoms with E-state index >= 15 is 0 Å². The van der Waals surface area contributed by atoms with E-state index in [2.05, 4.69) is 19.6 Å². The van der Waals surface area contributed by atoms with Gasteiger partial charge in [0.1, 0.15) is 5.76 Å². The van der Waals surface area contributed by atoms with Crippen molar-refractivity contribution in [2.24, 2.45) is 5.92 Å². The Bertz CT molecular complexity index is 526. The van der Waals surface area contributed by atoms with E-state index in [0.29, 0.717) is 17.3 Å². The van der Waals surface area contributed by atoms with Crippen molar-refractivity contribution >= 4 is 5.78 Å². The molecule has 1 unspecified atom stereocenters. The molecule has 0 bridgehead atoms. The molecule has 0 radical (unpaired) electrons. The average molecular weight is 298 g/mol. The van der Waals surface area contributed by atoms with Crippen LogP contribution in [0.4, 0.5) is 0 Å². The molecule has 22 heavy (non-hydrogen) atoms. The van der Waals surface area contributed by atoms with Gasteiger partial charge in [0, 0.05) is 11.6 Å². The van der Waals surface area contributed by atoms with E-state index in [1.165, 1.54) is 12.3 Å². The van der Waals surface area contributed by atoms with E-state index in [1.807, 2.05) is 51.2 Å². The van der Waals surface area contributed by atoms with Crippen LogP contribution in [0.5, 0.6) is 0 Å². The molecule has 0 aromatic rings.